The molecule has 0 saturated heterocycles. The molecule has 0 aliphatic heterocycles. The van der Waals surface area contributed by atoms with Crippen LogP contribution in [-0.4, -0.2) is 24.7 Å². The molecule has 0 saturated carbocycles. The van der Waals surface area contributed by atoms with Gasteiger partial charge in [0.25, 0.3) is 0 Å². The van der Waals surface area contributed by atoms with Crippen LogP contribution < -0.4 is 5.32 Å². The Hall–Kier alpha value is -0.570. The molecular formula is C10H21NO2. The van der Waals surface area contributed by atoms with Crippen molar-refractivity contribution in [3.8, 4) is 0 Å². The molecule has 0 aromatic heterocycles. The van der Waals surface area contributed by atoms with Crippen molar-refractivity contribution in [2.24, 2.45) is 0 Å². The topological polar surface area (TPSA) is 38.3 Å². The minimum absolute atomic E-state index is 0.129. The van der Waals surface area contributed by atoms with Crippen molar-refractivity contribution in [2.45, 2.75) is 46.1 Å². The molecule has 78 valence electrons. The molecule has 0 rings (SSSR count). The summed E-state index contributed by atoms with van der Waals surface area (Å²) in [5.74, 6) is -0.129. The van der Waals surface area contributed by atoms with Gasteiger partial charge in [0, 0.05) is 6.54 Å². The maximum absolute atomic E-state index is 11.2. The molecule has 0 fully saturated rings. The molecule has 0 aliphatic rings. The van der Waals surface area contributed by atoms with Crippen LogP contribution in [-0.2, 0) is 9.53 Å². The van der Waals surface area contributed by atoms with Crippen molar-refractivity contribution in [2.75, 3.05) is 13.1 Å². The molecule has 0 aliphatic carbocycles. The Morgan fingerprint density at radius 1 is 1.31 bits per heavy atom. The van der Waals surface area contributed by atoms with Crippen LogP contribution in [0.1, 0.15) is 40.5 Å². The zero-order valence-corrected chi connectivity index (χ0v) is 9.14. The van der Waals surface area contributed by atoms with Crippen LogP contribution in [0.15, 0.2) is 0 Å². The predicted octanol–water partition coefficient (Wildman–Crippen LogP) is 1.72. The van der Waals surface area contributed by atoms with Crippen LogP contribution in [0.4, 0.5) is 0 Å². The molecular weight excluding hydrogens is 166 g/mol. The first-order valence-electron chi connectivity index (χ1n) is 4.88. The molecule has 0 aromatic carbocycles. The fraction of sp³-hybridized carbons (Fsp3) is 0.900. The van der Waals surface area contributed by atoms with Crippen LogP contribution in [0.5, 0.6) is 0 Å². The molecule has 0 heterocycles. The smallest absolute Gasteiger partial charge is 0.307 e. The van der Waals surface area contributed by atoms with Crippen LogP contribution in [0.3, 0.4) is 0 Å². The van der Waals surface area contributed by atoms with Crippen LogP contribution >= 0.6 is 0 Å². The monoisotopic (exact) mass is 187 g/mol. The van der Waals surface area contributed by atoms with Gasteiger partial charge in [-0.3, -0.25) is 4.79 Å². The molecule has 0 atom stereocenters. The Kier molecular flexibility index (Phi) is 5.71. The largest absolute Gasteiger partial charge is 0.460 e. The fourth-order valence-corrected chi connectivity index (χ4v) is 0.885. The van der Waals surface area contributed by atoms with E-state index in [0.29, 0.717) is 13.0 Å². The average molecular weight is 187 g/mol. The van der Waals surface area contributed by atoms with E-state index >= 15 is 0 Å². The number of ether oxygens (including phenoxy) is 1. The van der Waals surface area contributed by atoms with Gasteiger partial charge in [-0.05, 0) is 33.7 Å². The van der Waals surface area contributed by atoms with Crippen LogP contribution in [0.2, 0.25) is 0 Å². The third-order valence-electron chi connectivity index (χ3n) is 1.35. The highest BCUT2D eigenvalue weighted by molar-refractivity contribution is 5.70. The van der Waals surface area contributed by atoms with Crippen molar-refractivity contribution in [1.82, 2.24) is 5.32 Å². The maximum atomic E-state index is 11.2. The maximum Gasteiger partial charge on any atom is 0.307 e. The van der Waals surface area contributed by atoms with Gasteiger partial charge in [-0.2, -0.15) is 0 Å². The average Bonchev–Trinajstić information content (AvgIpc) is 1.94. The van der Waals surface area contributed by atoms with Gasteiger partial charge >= 0.3 is 5.97 Å². The minimum Gasteiger partial charge on any atom is -0.460 e. The van der Waals surface area contributed by atoms with E-state index in [4.69, 9.17) is 4.74 Å². The number of hydrogen-bond donors (Lipinski definition) is 1. The summed E-state index contributed by atoms with van der Waals surface area (Å²) < 4.78 is 5.14. The second kappa shape index (κ2) is 5.97. The third kappa shape index (κ3) is 9.34. The van der Waals surface area contributed by atoms with Crippen LogP contribution in [0, 0.1) is 0 Å². The number of hydrogen-bond acceptors (Lipinski definition) is 3. The second-order valence-corrected chi connectivity index (χ2v) is 4.09. The van der Waals surface area contributed by atoms with Gasteiger partial charge in [0.1, 0.15) is 5.60 Å². The Balaban J connectivity index is 3.41. The summed E-state index contributed by atoms with van der Waals surface area (Å²) in [5.41, 5.74) is -0.359. The van der Waals surface area contributed by atoms with Crippen molar-refractivity contribution in [3.05, 3.63) is 0 Å². The predicted molar refractivity (Wildman–Crippen MR) is 53.6 cm³/mol. The van der Waals surface area contributed by atoms with Gasteiger partial charge in [0.05, 0.1) is 6.42 Å². The fourth-order valence-electron chi connectivity index (χ4n) is 0.885. The summed E-state index contributed by atoms with van der Waals surface area (Å²) in [4.78, 5) is 11.2. The minimum atomic E-state index is -0.359. The highest BCUT2D eigenvalue weighted by Gasteiger charge is 2.15. The first-order valence-corrected chi connectivity index (χ1v) is 4.88. The Morgan fingerprint density at radius 2 is 1.92 bits per heavy atom. The van der Waals surface area contributed by atoms with E-state index in [1.54, 1.807) is 0 Å². The highest BCUT2D eigenvalue weighted by Crippen LogP contribution is 2.07. The zero-order chi connectivity index (χ0) is 10.3. The quantitative estimate of drug-likeness (QED) is 0.526. The molecule has 0 amide bonds. The van der Waals surface area contributed by atoms with Gasteiger partial charge in [-0.1, -0.05) is 6.92 Å². The third-order valence-corrected chi connectivity index (χ3v) is 1.35. The van der Waals surface area contributed by atoms with E-state index in [1.807, 2.05) is 20.8 Å². The van der Waals surface area contributed by atoms with E-state index in [0.717, 1.165) is 13.0 Å². The van der Waals surface area contributed by atoms with Crippen LogP contribution in [0.25, 0.3) is 0 Å². The van der Waals surface area contributed by atoms with E-state index in [9.17, 15) is 4.79 Å². The van der Waals surface area contributed by atoms with Gasteiger partial charge in [0.2, 0.25) is 0 Å². The molecule has 1 N–H and O–H groups in total. The molecule has 0 spiro atoms. The standard InChI is InChI=1S/C10H21NO2/c1-5-7-11-8-6-9(12)13-10(2,3)4/h11H,5-8H2,1-4H3. The van der Waals surface area contributed by atoms with Crippen molar-refractivity contribution >= 4 is 5.97 Å². The number of carbonyl (C=O) groups is 1. The molecule has 0 aromatic rings. The summed E-state index contributed by atoms with van der Waals surface area (Å²) >= 11 is 0. The molecule has 0 radical (unpaired) electrons. The Morgan fingerprint density at radius 3 is 2.38 bits per heavy atom. The van der Waals surface area contributed by atoms with Crippen molar-refractivity contribution in [1.29, 1.82) is 0 Å². The number of rotatable bonds is 5. The van der Waals surface area contributed by atoms with E-state index in [1.165, 1.54) is 0 Å². The van der Waals surface area contributed by atoms with Gasteiger partial charge in [-0.15, -0.1) is 0 Å². The lowest BCUT2D eigenvalue weighted by atomic mass is 10.2. The molecule has 0 unspecified atom stereocenters. The molecule has 3 heteroatoms. The Labute approximate surface area is 80.8 Å². The summed E-state index contributed by atoms with van der Waals surface area (Å²) in [5, 5.41) is 3.15. The second-order valence-electron chi connectivity index (χ2n) is 4.09. The first kappa shape index (κ1) is 12.4. The lowest BCUT2D eigenvalue weighted by Gasteiger charge is -2.19. The van der Waals surface area contributed by atoms with E-state index in [-0.39, 0.29) is 11.6 Å². The molecule has 13 heavy (non-hydrogen) atoms. The normalized spacial score (nSPS) is 11.4. The number of esters is 1. The first-order chi connectivity index (χ1) is 5.95. The van der Waals surface area contributed by atoms with E-state index < -0.39 is 0 Å². The van der Waals surface area contributed by atoms with Crippen molar-refractivity contribution < 1.29 is 9.53 Å². The SMILES string of the molecule is CCCNCCC(=O)OC(C)(C)C. The summed E-state index contributed by atoms with van der Waals surface area (Å²) in [6.07, 6.45) is 1.55. The highest BCUT2D eigenvalue weighted by atomic mass is 16.6. The number of carbonyl (C=O) groups excluding carboxylic acids is 1. The Bertz CT molecular complexity index is 149. The molecule has 0 bridgehead atoms. The summed E-state index contributed by atoms with van der Waals surface area (Å²) in [6.45, 7) is 9.41. The summed E-state index contributed by atoms with van der Waals surface area (Å²) in [7, 11) is 0. The lowest BCUT2D eigenvalue weighted by Crippen LogP contribution is -2.27. The summed E-state index contributed by atoms with van der Waals surface area (Å²) in [6, 6.07) is 0. The van der Waals surface area contributed by atoms with Gasteiger partial charge in [0.15, 0.2) is 0 Å². The zero-order valence-electron chi connectivity index (χ0n) is 9.14. The van der Waals surface area contributed by atoms with Gasteiger partial charge in [-0.25, -0.2) is 0 Å². The molecule has 3 nitrogen and oxygen atoms in total. The van der Waals surface area contributed by atoms with Gasteiger partial charge < -0.3 is 10.1 Å². The van der Waals surface area contributed by atoms with Crippen molar-refractivity contribution in [3.63, 3.8) is 0 Å². The number of nitrogens with one attached hydrogen (secondary N) is 1. The van der Waals surface area contributed by atoms with E-state index in [2.05, 4.69) is 12.2 Å². The lowest BCUT2D eigenvalue weighted by molar-refractivity contribution is -0.154.